The summed E-state index contributed by atoms with van der Waals surface area (Å²) in [6.45, 7) is 15.8. The van der Waals surface area contributed by atoms with Crippen molar-refractivity contribution in [2.24, 2.45) is 0 Å². The molecule has 5 rings (SSSR count). The minimum atomic E-state index is 0.0696. The second-order valence-electron chi connectivity index (χ2n) is 10.8. The Hall–Kier alpha value is -3.45. The Labute approximate surface area is 203 Å². The van der Waals surface area contributed by atoms with Crippen LogP contribution < -0.4 is 4.57 Å². The Kier molecular flexibility index (Phi) is 5.32. The first kappa shape index (κ1) is 22.3. The molecule has 4 aromatic carbocycles. The first-order valence-corrected chi connectivity index (χ1v) is 12.2. The molecule has 0 N–H and O–H groups in total. The SMILES string of the molecule is Cc1cc(C)c(-c2c3ccc(C)cc3[n+](-c3ccccc3)c3cc(C(C)(C)C)ccc23)c(C)c1. The molecular formula is C33H34N+. The molecule has 1 nitrogen and oxygen atoms in total. The summed E-state index contributed by atoms with van der Waals surface area (Å²) in [5.74, 6) is 0. The number of benzene rings is 4. The highest BCUT2D eigenvalue weighted by Crippen LogP contribution is 2.40. The predicted octanol–water partition coefficient (Wildman–Crippen LogP) is 8.47. The lowest BCUT2D eigenvalue weighted by Gasteiger charge is -2.21. The standard InChI is InChI=1S/C33H34N/c1-21-13-15-27-29(19-21)34(26-11-9-8-10-12-26)30-20-25(33(5,6)7)14-16-28(30)32(27)31-23(3)17-22(2)18-24(31)4/h8-20H,1-7H3/q+1. The second kappa shape index (κ2) is 8.09. The third kappa shape index (κ3) is 3.70. The molecule has 1 aromatic heterocycles. The Morgan fingerprint density at radius 2 is 1.15 bits per heavy atom. The van der Waals surface area contributed by atoms with Crippen LogP contribution in [-0.2, 0) is 5.41 Å². The van der Waals surface area contributed by atoms with Crippen LogP contribution >= 0.6 is 0 Å². The van der Waals surface area contributed by atoms with Gasteiger partial charge in [0.1, 0.15) is 0 Å². The number of pyridine rings is 1. The van der Waals surface area contributed by atoms with Gasteiger partial charge in [-0.25, -0.2) is 0 Å². The summed E-state index contributed by atoms with van der Waals surface area (Å²) in [5.41, 5.74) is 13.1. The highest BCUT2D eigenvalue weighted by Gasteiger charge is 2.26. The number of para-hydroxylation sites is 1. The smallest absolute Gasteiger partial charge is 0.153 e. The molecular weight excluding hydrogens is 410 g/mol. The zero-order valence-corrected chi connectivity index (χ0v) is 21.5. The number of aromatic nitrogens is 1. The predicted molar refractivity (Wildman–Crippen MR) is 146 cm³/mol. The summed E-state index contributed by atoms with van der Waals surface area (Å²) in [6, 6.07) is 29.4. The fourth-order valence-corrected chi connectivity index (χ4v) is 5.41. The Morgan fingerprint density at radius 1 is 0.559 bits per heavy atom. The van der Waals surface area contributed by atoms with E-state index in [-0.39, 0.29) is 5.41 Å². The number of hydrogen-bond donors (Lipinski definition) is 0. The minimum absolute atomic E-state index is 0.0696. The summed E-state index contributed by atoms with van der Waals surface area (Å²) < 4.78 is 2.45. The summed E-state index contributed by atoms with van der Waals surface area (Å²) in [4.78, 5) is 0. The van der Waals surface area contributed by atoms with E-state index in [9.17, 15) is 0 Å². The van der Waals surface area contributed by atoms with E-state index in [1.165, 1.54) is 66.4 Å². The van der Waals surface area contributed by atoms with Gasteiger partial charge in [0.05, 0.1) is 10.8 Å². The molecule has 0 saturated heterocycles. The van der Waals surface area contributed by atoms with Crippen LogP contribution in [-0.4, -0.2) is 0 Å². The molecule has 34 heavy (non-hydrogen) atoms. The van der Waals surface area contributed by atoms with Gasteiger partial charge in [-0.05, 0) is 73.1 Å². The maximum Gasteiger partial charge on any atom is 0.219 e. The highest BCUT2D eigenvalue weighted by atomic mass is 15.0. The van der Waals surface area contributed by atoms with E-state index in [4.69, 9.17) is 0 Å². The zero-order valence-electron chi connectivity index (χ0n) is 21.5. The lowest BCUT2D eigenvalue weighted by atomic mass is 9.84. The lowest BCUT2D eigenvalue weighted by molar-refractivity contribution is -0.538. The van der Waals surface area contributed by atoms with Crippen LogP contribution in [0, 0.1) is 27.7 Å². The van der Waals surface area contributed by atoms with E-state index in [1.807, 2.05) is 0 Å². The Balaban J connectivity index is 2.06. The number of aryl methyl sites for hydroxylation is 4. The van der Waals surface area contributed by atoms with Crippen LogP contribution in [0.15, 0.2) is 78.9 Å². The van der Waals surface area contributed by atoms with Gasteiger partial charge in [0.15, 0.2) is 0 Å². The number of nitrogens with zero attached hydrogens (tertiary/aromatic N) is 1. The Morgan fingerprint density at radius 3 is 1.76 bits per heavy atom. The van der Waals surface area contributed by atoms with Crippen molar-refractivity contribution in [2.45, 2.75) is 53.9 Å². The molecule has 1 heteroatoms. The van der Waals surface area contributed by atoms with Crippen molar-refractivity contribution < 1.29 is 4.57 Å². The van der Waals surface area contributed by atoms with Crippen LogP contribution in [0.3, 0.4) is 0 Å². The minimum Gasteiger partial charge on any atom is -0.153 e. The van der Waals surface area contributed by atoms with Gasteiger partial charge in [-0.1, -0.05) is 68.8 Å². The average molecular weight is 445 g/mol. The first-order chi connectivity index (χ1) is 16.1. The van der Waals surface area contributed by atoms with E-state index >= 15 is 0 Å². The second-order valence-corrected chi connectivity index (χ2v) is 10.8. The number of hydrogen-bond acceptors (Lipinski definition) is 0. The van der Waals surface area contributed by atoms with Gasteiger partial charge >= 0.3 is 0 Å². The summed E-state index contributed by atoms with van der Waals surface area (Å²) >= 11 is 0. The van der Waals surface area contributed by atoms with Crippen LogP contribution in [0.4, 0.5) is 0 Å². The summed E-state index contributed by atoms with van der Waals surface area (Å²) in [6.07, 6.45) is 0. The molecule has 0 aliphatic carbocycles. The van der Waals surface area contributed by atoms with E-state index in [0.717, 1.165) is 0 Å². The number of rotatable bonds is 2. The van der Waals surface area contributed by atoms with Crippen molar-refractivity contribution in [1.29, 1.82) is 0 Å². The quantitative estimate of drug-likeness (QED) is 0.190. The van der Waals surface area contributed by atoms with Crippen LogP contribution in [0.2, 0.25) is 0 Å². The van der Waals surface area contributed by atoms with Crippen LogP contribution in [0.25, 0.3) is 38.6 Å². The highest BCUT2D eigenvalue weighted by molar-refractivity contribution is 6.09. The van der Waals surface area contributed by atoms with E-state index in [2.05, 4.69) is 132 Å². The molecule has 0 spiro atoms. The molecule has 0 unspecified atom stereocenters. The fourth-order valence-electron chi connectivity index (χ4n) is 5.41. The topological polar surface area (TPSA) is 3.88 Å². The first-order valence-electron chi connectivity index (χ1n) is 12.2. The molecule has 0 saturated carbocycles. The van der Waals surface area contributed by atoms with E-state index < -0.39 is 0 Å². The zero-order chi connectivity index (χ0) is 24.2. The summed E-state index contributed by atoms with van der Waals surface area (Å²) in [7, 11) is 0. The molecule has 170 valence electrons. The molecule has 0 amide bonds. The summed E-state index contributed by atoms with van der Waals surface area (Å²) in [5, 5.41) is 2.59. The maximum absolute atomic E-state index is 2.45. The Bertz CT molecular complexity index is 1530. The maximum atomic E-state index is 2.45. The van der Waals surface area contributed by atoms with Gasteiger partial charge in [0.2, 0.25) is 16.7 Å². The van der Waals surface area contributed by atoms with Crippen molar-refractivity contribution >= 4 is 21.8 Å². The lowest BCUT2D eigenvalue weighted by Crippen LogP contribution is -2.33. The monoisotopic (exact) mass is 444 g/mol. The van der Waals surface area contributed by atoms with Gasteiger partial charge in [0.25, 0.3) is 0 Å². The third-order valence-electron chi connectivity index (χ3n) is 6.98. The fraction of sp³-hybridized carbons (Fsp3) is 0.242. The van der Waals surface area contributed by atoms with Crippen molar-refractivity contribution in [2.75, 3.05) is 0 Å². The van der Waals surface area contributed by atoms with Crippen molar-refractivity contribution in [1.82, 2.24) is 0 Å². The normalized spacial score (nSPS) is 12.0. The van der Waals surface area contributed by atoms with Gasteiger partial charge in [0, 0.05) is 29.8 Å². The van der Waals surface area contributed by atoms with E-state index in [1.54, 1.807) is 0 Å². The molecule has 0 atom stereocenters. The van der Waals surface area contributed by atoms with Gasteiger partial charge in [-0.15, -0.1) is 0 Å². The van der Waals surface area contributed by atoms with Crippen molar-refractivity contribution in [3.05, 3.63) is 107 Å². The van der Waals surface area contributed by atoms with Crippen molar-refractivity contribution in [3.8, 4) is 16.8 Å². The van der Waals surface area contributed by atoms with Gasteiger partial charge in [-0.3, -0.25) is 0 Å². The average Bonchev–Trinajstić information content (AvgIpc) is 2.77. The molecule has 0 fully saturated rings. The molecule has 0 bridgehead atoms. The molecule has 0 radical (unpaired) electrons. The molecule has 1 heterocycles. The van der Waals surface area contributed by atoms with E-state index in [0.29, 0.717) is 0 Å². The molecule has 0 aliphatic rings. The molecule has 5 aromatic rings. The van der Waals surface area contributed by atoms with Crippen molar-refractivity contribution in [3.63, 3.8) is 0 Å². The third-order valence-corrected chi connectivity index (χ3v) is 6.98. The van der Waals surface area contributed by atoms with Gasteiger partial charge < -0.3 is 0 Å². The van der Waals surface area contributed by atoms with Crippen LogP contribution in [0.1, 0.15) is 48.6 Å². The number of fused-ring (bicyclic) bond motifs is 2. The van der Waals surface area contributed by atoms with Crippen LogP contribution in [0.5, 0.6) is 0 Å². The largest absolute Gasteiger partial charge is 0.219 e. The molecule has 0 aliphatic heterocycles. The van der Waals surface area contributed by atoms with Gasteiger partial charge in [-0.2, -0.15) is 4.57 Å².